The molecule has 0 radical (unpaired) electrons. The van der Waals surface area contributed by atoms with Gasteiger partial charge < -0.3 is 4.74 Å². The number of ether oxygens (including phenoxy) is 1. The molecule has 0 fully saturated rings. The molecule has 1 N–H and O–H groups in total. The lowest BCUT2D eigenvalue weighted by molar-refractivity contribution is -0.119. The number of hydrazone groups is 1. The predicted molar refractivity (Wildman–Crippen MR) is 135 cm³/mol. The molecular formula is C24H23Cl2N3O4S. The average molecular weight is 520 g/mol. The largest absolute Gasteiger partial charge is 0.494 e. The zero-order valence-corrected chi connectivity index (χ0v) is 20.9. The molecule has 0 saturated carbocycles. The first kappa shape index (κ1) is 25.6. The van der Waals surface area contributed by atoms with Crippen LogP contribution in [0, 0.1) is 0 Å². The van der Waals surface area contributed by atoms with Gasteiger partial charge in [0.25, 0.3) is 15.9 Å². The highest BCUT2D eigenvalue weighted by molar-refractivity contribution is 7.92. The topological polar surface area (TPSA) is 88.1 Å². The van der Waals surface area contributed by atoms with Gasteiger partial charge in [0.15, 0.2) is 0 Å². The molecule has 0 unspecified atom stereocenters. The number of nitrogens with zero attached hydrogens (tertiary/aromatic N) is 2. The normalized spacial score (nSPS) is 11.7. The summed E-state index contributed by atoms with van der Waals surface area (Å²) in [5, 5.41) is 4.54. The van der Waals surface area contributed by atoms with Crippen LogP contribution in [0.5, 0.6) is 5.75 Å². The van der Waals surface area contributed by atoms with Gasteiger partial charge in [-0.3, -0.25) is 9.10 Å². The standard InChI is InChI=1S/C24H23Cl2N3O4S/c1-3-33-20-12-9-18(10-13-20)17(2)27-28-24(30)16-29(19-11-14-22(25)23(26)15-19)34(31,32)21-7-5-4-6-8-21/h4-15H,3,16H2,1-2H3,(H,28,30)/b27-17+. The van der Waals surface area contributed by atoms with Crippen LogP contribution in [-0.2, 0) is 14.8 Å². The van der Waals surface area contributed by atoms with Crippen molar-refractivity contribution in [2.75, 3.05) is 17.5 Å². The lowest BCUT2D eigenvalue weighted by atomic mass is 10.1. The first-order valence-electron chi connectivity index (χ1n) is 10.3. The summed E-state index contributed by atoms with van der Waals surface area (Å²) in [7, 11) is -4.07. The highest BCUT2D eigenvalue weighted by Crippen LogP contribution is 2.30. The fourth-order valence-corrected chi connectivity index (χ4v) is 4.74. The van der Waals surface area contributed by atoms with Crippen molar-refractivity contribution in [3.63, 3.8) is 0 Å². The summed E-state index contributed by atoms with van der Waals surface area (Å²) >= 11 is 12.1. The first-order chi connectivity index (χ1) is 16.2. The first-order valence-corrected chi connectivity index (χ1v) is 12.5. The van der Waals surface area contributed by atoms with Gasteiger partial charge >= 0.3 is 0 Å². The van der Waals surface area contributed by atoms with Gasteiger partial charge in [0.05, 0.1) is 32.9 Å². The van der Waals surface area contributed by atoms with E-state index in [1.54, 1.807) is 37.3 Å². The molecule has 7 nitrogen and oxygen atoms in total. The van der Waals surface area contributed by atoms with Crippen LogP contribution < -0.4 is 14.5 Å². The van der Waals surface area contributed by atoms with Gasteiger partial charge in [-0.2, -0.15) is 5.10 Å². The van der Waals surface area contributed by atoms with E-state index in [4.69, 9.17) is 27.9 Å². The van der Waals surface area contributed by atoms with E-state index in [1.807, 2.05) is 19.1 Å². The smallest absolute Gasteiger partial charge is 0.264 e. The van der Waals surface area contributed by atoms with E-state index >= 15 is 0 Å². The third-order valence-corrected chi connectivity index (χ3v) is 7.27. The Hall–Kier alpha value is -3.07. The van der Waals surface area contributed by atoms with Gasteiger partial charge in [-0.05, 0) is 74.0 Å². The van der Waals surface area contributed by atoms with Gasteiger partial charge in [-0.15, -0.1) is 0 Å². The Balaban J connectivity index is 1.83. The summed E-state index contributed by atoms with van der Waals surface area (Å²) in [4.78, 5) is 12.8. The maximum absolute atomic E-state index is 13.3. The van der Waals surface area contributed by atoms with Crippen molar-refractivity contribution in [3.8, 4) is 5.75 Å². The number of nitrogens with one attached hydrogen (secondary N) is 1. The maximum atomic E-state index is 13.3. The van der Waals surface area contributed by atoms with Crippen LogP contribution in [0.2, 0.25) is 10.0 Å². The second kappa shape index (κ2) is 11.4. The van der Waals surface area contributed by atoms with Gasteiger partial charge in [0, 0.05) is 0 Å². The number of rotatable bonds is 9. The molecule has 0 aliphatic heterocycles. The van der Waals surface area contributed by atoms with Gasteiger partial charge in [-0.1, -0.05) is 41.4 Å². The Kier molecular flexibility index (Phi) is 8.55. The summed E-state index contributed by atoms with van der Waals surface area (Å²) < 4.78 is 33.0. The molecule has 34 heavy (non-hydrogen) atoms. The summed E-state index contributed by atoms with van der Waals surface area (Å²) in [6, 6.07) is 19.4. The molecule has 0 heterocycles. The van der Waals surface area contributed by atoms with Crippen molar-refractivity contribution >= 4 is 50.5 Å². The van der Waals surface area contributed by atoms with Crippen LogP contribution in [0.15, 0.2) is 82.8 Å². The van der Waals surface area contributed by atoms with Crippen LogP contribution >= 0.6 is 23.2 Å². The Labute approximate surface area is 209 Å². The van der Waals surface area contributed by atoms with Crippen LogP contribution in [0.3, 0.4) is 0 Å². The van der Waals surface area contributed by atoms with Crippen LogP contribution in [0.1, 0.15) is 19.4 Å². The Bertz CT molecular complexity index is 1280. The zero-order valence-electron chi connectivity index (χ0n) is 18.5. The van der Waals surface area contributed by atoms with E-state index in [-0.39, 0.29) is 20.6 Å². The molecule has 10 heteroatoms. The minimum Gasteiger partial charge on any atom is -0.494 e. The molecule has 0 aromatic heterocycles. The fourth-order valence-electron chi connectivity index (χ4n) is 3.01. The second-order valence-corrected chi connectivity index (χ2v) is 9.79. The van der Waals surface area contributed by atoms with Gasteiger partial charge in [0.1, 0.15) is 12.3 Å². The third kappa shape index (κ3) is 6.28. The van der Waals surface area contributed by atoms with Gasteiger partial charge in [-0.25, -0.2) is 13.8 Å². The van der Waals surface area contributed by atoms with E-state index in [2.05, 4.69) is 10.5 Å². The van der Waals surface area contributed by atoms with E-state index in [0.29, 0.717) is 12.3 Å². The summed E-state index contributed by atoms with van der Waals surface area (Å²) in [5.41, 5.74) is 3.94. The number of sulfonamides is 1. The lowest BCUT2D eigenvalue weighted by Crippen LogP contribution is -2.39. The summed E-state index contributed by atoms with van der Waals surface area (Å²) in [6.45, 7) is 3.67. The summed E-state index contributed by atoms with van der Waals surface area (Å²) in [5.74, 6) is 0.0994. The number of benzene rings is 3. The van der Waals surface area contributed by atoms with Crippen LogP contribution in [0.25, 0.3) is 0 Å². The average Bonchev–Trinajstić information content (AvgIpc) is 2.84. The fraction of sp³-hybridized carbons (Fsp3) is 0.167. The molecule has 3 aromatic rings. The Morgan fingerprint density at radius 2 is 1.68 bits per heavy atom. The third-order valence-electron chi connectivity index (χ3n) is 4.74. The van der Waals surface area contributed by atoms with E-state index in [0.717, 1.165) is 15.6 Å². The molecule has 0 bridgehead atoms. The quantitative estimate of drug-likeness (QED) is 0.313. The van der Waals surface area contributed by atoms with E-state index in [9.17, 15) is 13.2 Å². The van der Waals surface area contributed by atoms with Crippen molar-refractivity contribution < 1.29 is 17.9 Å². The molecule has 0 aliphatic carbocycles. The van der Waals surface area contributed by atoms with E-state index in [1.165, 1.54) is 30.3 Å². The number of hydrogen-bond acceptors (Lipinski definition) is 5. The lowest BCUT2D eigenvalue weighted by Gasteiger charge is -2.24. The van der Waals surface area contributed by atoms with E-state index < -0.39 is 22.5 Å². The van der Waals surface area contributed by atoms with Crippen molar-refractivity contribution in [2.24, 2.45) is 5.10 Å². The molecule has 0 aliphatic rings. The van der Waals surface area contributed by atoms with Crippen molar-refractivity contribution in [2.45, 2.75) is 18.7 Å². The molecule has 1 amide bonds. The van der Waals surface area contributed by atoms with Crippen molar-refractivity contribution in [3.05, 3.63) is 88.4 Å². The number of amides is 1. The minimum absolute atomic E-state index is 0.0305. The number of hydrogen-bond donors (Lipinski definition) is 1. The molecule has 3 aromatic carbocycles. The summed E-state index contributed by atoms with van der Waals surface area (Å²) in [6.07, 6.45) is 0. The van der Waals surface area contributed by atoms with Crippen LogP contribution in [0.4, 0.5) is 5.69 Å². The second-order valence-electron chi connectivity index (χ2n) is 7.11. The molecule has 0 atom stereocenters. The number of anilines is 1. The van der Waals surface area contributed by atoms with Crippen LogP contribution in [-0.4, -0.2) is 33.2 Å². The zero-order chi connectivity index (χ0) is 24.7. The molecule has 0 spiro atoms. The SMILES string of the molecule is CCOc1ccc(/C(C)=N/NC(=O)CN(c2ccc(Cl)c(Cl)c2)S(=O)(=O)c2ccccc2)cc1. The predicted octanol–water partition coefficient (Wildman–Crippen LogP) is 5.13. The minimum atomic E-state index is -4.07. The van der Waals surface area contributed by atoms with Crippen molar-refractivity contribution in [1.82, 2.24) is 5.43 Å². The number of halogens is 2. The number of carbonyl (C=O) groups excluding carboxylic acids is 1. The van der Waals surface area contributed by atoms with Crippen molar-refractivity contribution in [1.29, 1.82) is 0 Å². The highest BCUT2D eigenvalue weighted by atomic mass is 35.5. The maximum Gasteiger partial charge on any atom is 0.264 e. The Morgan fingerprint density at radius 3 is 2.29 bits per heavy atom. The number of carbonyl (C=O) groups is 1. The molecule has 178 valence electrons. The Morgan fingerprint density at radius 1 is 1.00 bits per heavy atom. The molecular weight excluding hydrogens is 497 g/mol. The highest BCUT2D eigenvalue weighted by Gasteiger charge is 2.27. The molecule has 3 rings (SSSR count). The molecule has 0 saturated heterocycles. The monoisotopic (exact) mass is 519 g/mol. The van der Waals surface area contributed by atoms with Gasteiger partial charge in [0.2, 0.25) is 0 Å².